The van der Waals surface area contributed by atoms with Crippen LogP contribution in [0.3, 0.4) is 0 Å². The van der Waals surface area contributed by atoms with Crippen LogP contribution in [0.2, 0.25) is 0 Å². The van der Waals surface area contributed by atoms with Crippen LogP contribution in [0.1, 0.15) is 74.7 Å². The first-order valence-corrected chi connectivity index (χ1v) is 10.4. The summed E-state index contributed by atoms with van der Waals surface area (Å²) in [4.78, 5) is 24.7. The van der Waals surface area contributed by atoms with Gasteiger partial charge in [-0.25, -0.2) is 4.79 Å². The van der Waals surface area contributed by atoms with Gasteiger partial charge >= 0.3 is 19.1 Å². The number of methoxy groups -OCH3 is 1. The second kappa shape index (κ2) is 8.82. The highest BCUT2D eigenvalue weighted by molar-refractivity contribution is 6.59. The molecule has 2 N–H and O–H groups in total. The lowest BCUT2D eigenvalue weighted by molar-refractivity contribution is -0.155. The predicted molar refractivity (Wildman–Crippen MR) is 115 cm³/mol. The molecule has 0 aliphatic heterocycles. The quantitative estimate of drug-likeness (QED) is 0.575. The molecule has 8 heteroatoms. The van der Waals surface area contributed by atoms with E-state index < -0.39 is 24.7 Å². The van der Waals surface area contributed by atoms with E-state index in [1.807, 2.05) is 6.07 Å². The normalized spacial score (nSPS) is 15.3. The average Bonchev–Trinajstić information content (AvgIpc) is 3.00. The minimum Gasteiger partial charge on any atom is -0.465 e. The molecule has 0 saturated heterocycles. The Hall–Kier alpha value is -2.32. The number of hydrogen-bond acceptors (Lipinski definition) is 6. The maximum atomic E-state index is 12.6. The van der Waals surface area contributed by atoms with Gasteiger partial charge in [0.05, 0.1) is 18.3 Å². The molecule has 0 amide bonds. The Morgan fingerprint density at radius 2 is 1.83 bits per heavy atom. The first-order valence-electron chi connectivity index (χ1n) is 10.4. The first-order chi connectivity index (χ1) is 14.1. The zero-order valence-electron chi connectivity index (χ0n) is 18.1. The molecule has 1 fully saturated rings. The minimum absolute atomic E-state index is 0.168. The lowest BCUT2D eigenvalue weighted by Gasteiger charge is -2.24. The summed E-state index contributed by atoms with van der Waals surface area (Å²) in [5.74, 6) is -0.811. The van der Waals surface area contributed by atoms with Crippen molar-refractivity contribution < 1.29 is 29.1 Å². The fourth-order valence-corrected chi connectivity index (χ4v) is 4.41. The van der Waals surface area contributed by atoms with Gasteiger partial charge in [-0.3, -0.25) is 4.79 Å². The van der Waals surface area contributed by atoms with E-state index in [9.17, 15) is 19.6 Å². The van der Waals surface area contributed by atoms with Crippen molar-refractivity contribution in [3.8, 4) is 0 Å². The Morgan fingerprint density at radius 1 is 1.17 bits per heavy atom. The van der Waals surface area contributed by atoms with Crippen molar-refractivity contribution in [3.63, 3.8) is 0 Å². The van der Waals surface area contributed by atoms with Gasteiger partial charge in [0.2, 0.25) is 0 Å². The number of nitrogens with zero attached hydrogens (tertiary/aromatic N) is 1. The molecule has 1 aliphatic rings. The molecule has 3 rings (SSSR count). The maximum Gasteiger partial charge on any atom is 0.506 e. The Kier molecular flexibility index (Phi) is 6.57. The highest BCUT2D eigenvalue weighted by Crippen LogP contribution is 2.37. The van der Waals surface area contributed by atoms with Crippen molar-refractivity contribution in [1.82, 2.24) is 4.57 Å². The summed E-state index contributed by atoms with van der Waals surface area (Å²) in [5.41, 5.74) is 1.40. The van der Waals surface area contributed by atoms with Crippen molar-refractivity contribution >= 4 is 35.6 Å². The zero-order valence-corrected chi connectivity index (χ0v) is 18.1. The van der Waals surface area contributed by atoms with E-state index in [1.165, 1.54) is 7.11 Å². The number of hydrogen-bond donors (Lipinski definition) is 2. The molecule has 0 bridgehead atoms. The van der Waals surface area contributed by atoms with E-state index in [4.69, 9.17) is 9.47 Å². The second-order valence-electron chi connectivity index (χ2n) is 8.90. The van der Waals surface area contributed by atoms with Crippen molar-refractivity contribution in [2.24, 2.45) is 0 Å². The molecule has 1 heterocycles. The Morgan fingerprint density at radius 3 is 2.40 bits per heavy atom. The van der Waals surface area contributed by atoms with E-state index in [0.29, 0.717) is 16.7 Å². The number of fused-ring (bicyclic) bond motifs is 1. The summed E-state index contributed by atoms with van der Waals surface area (Å²) in [6.45, 7) is 5.16. The minimum atomic E-state index is -1.75. The molecule has 0 spiro atoms. The van der Waals surface area contributed by atoms with Crippen molar-refractivity contribution in [3.05, 3.63) is 29.3 Å². The second-order valence-corrected chi connectivity index (χ2v) is 8.90. The smallest absolute Gasteiger partial charge is 0.465 e. The van der Waals surface area contributed by atoms with Crippen LogP contribution in [-0.2, 0) is 20.8 Å². The molecule has 0 atom stereocenters. The van der Waals surface area contributed by atoms with Crippen LogP contribution in [0.4, 0.5) is 0 Å². The maximum absolute atomic E-state index is 12.6. The molecule has 1 aromatic carbocycles. The summed E-state index contributed by atoms with van der Waals surface area (Å²) in [5, 5.41) is 21.4. The molecule has 0 radical (unpaired) electrons. The van der Waals surface area contributed by atoms with E-state index in [-0.39, 0.29) is 12.5 Å². The Balaban J connectivity index is 2.19. The molecule has 1 saturated carbocycles. The molecule has 2 aromatic rings. The van der Waals surface area contributed by atoms with Gasteiger partial charge in [0.25, 0.3) is 0 Å². The Labute approximate surface area is 177 Å². The van der Waals surface area contributed by atoms with Gasteiger partial charge in [0, 0.05) is 10.9 Å². The van der Waals surface area contributed by atoms with Gasteiger partial charge in [-0.1, -0.05) is 25.3 Å². The molecule has 7 nitrogen and oxygen atoms in total. The summed E-state index contributed by atoms with van der Waals surface area (Å²) >= 11 is 0. The Bertz CT molecular complexity index is 937. The summed E-state index contributed by atoms with van der Waals surface area (Å²) < 4.78 is 11.9. The molecule has 162 valence electrons. The number of esters is 2. The average molecular weight is 415 g/mol. The summed E-state index contributed by atoms with van der Waals surface area (Å²) in [7, 11) is -0.443. The van der Waals surface area contributed by atoms with Crippen LogP contribution in [0.25, 0.3) is 10.9 Å². The van der Waals surface area contributed by atoms with Crippen LogP contribution in [-0.4, -0.2) is 46.4 Å². The summed E-state index contributed by atoms with van der Waals surface area (Å²) in [6, 6.07) is 5.12. The van der Waals surface area contributed by atoms with Gasteiger partial charge in [0.15, 0.2) is 0 Å². The van der Waals surface area contributed by atoms with Crippen LogP contribution >= 0.6 is 0 Å². The fourth-order valence-electron chi connectivity index (χ4n) is 4.41. The van der Waals surface area contributed by atoms with Gasteiger partial charge in [-0.2, -0.15) is 0 Å². The summed E-state index contributed by atoms with van der Waals surface area (Å²) in [6.07, 6.45) is 5.21. The van der Waals surface area contributed by atoms with Crippen LogP contribution < -0.4 is 5.59 Å². The van der Waals surface area contributed by atoms with Crippen molar-refractivity contribution in [2.45, 2.75) is 70.9 Å². The fraction of sp³-hybridized carbons (Fsp3) is 0.545. The van der Waals surface area contributed by atoms with Gasteiger partial charge in [0.1, 0.15) is 12.1 Å². The van der Waals surface area contributed by atoms with E-state index >= 15 is 0 Å². The lowest BCUT2D eigenvalue weighted by Crippen LogP contribution is -2.41. The number of rotatable bonds is 5. The molecule has 1 aliphatic carbocycles. The molecule has 1 aromatic heterocycles. The number of benzene rings is 1. The molecule has 0 unspecified atom stereocenters. The highest BCUT2D eigenvalue weighted by Gasteiger charge is 2.32. The van der Waals surface area contributed by atoms with E-state index in [2.05, 4.69) is 0 Å². The van der Waals surface area contributed by atoms with Crippen LogP contribution in [0.5, 0.6) is 0 Å². The van der Waals surface area contributed by atoms with E-state index in [0.717, 1.165) is 43.1 Å². The lowest BCUT2D eigenvalue weighted by atomic mass is 9.74. The molecular formula is C22H30BNO6. The SMILES string of the molecule is COC(=O)c1ccc2c(C3CCCCC3)c(B(O)O)n(CC(=O)OC(C)(C)C)c2c1. The number of aromatic nitrogens is 1. The third kappa shape index (κ3) is 4.70. The predicted octanol–water partition coefficient (Wildman–Crippen LogP) is 2.50. The van der Waals surface area contributed by atoms with Gasteiger partial charge < -0.3 is 24.1 Å². The third-order valence-electron chi connectivity index (χ3n) is 5.53. The number of ether oxygens (including phenoxy) is 2. The number of carbonyl (C=O) groups is 2. The van der Waals surface area contributed by atoms with Gasteiger partial charge in [-0.05, 0) is 57.2 Å². The third-order valence-corrected chi connectivity index (χ3v) is 5.53. The van der Waals surface area contributed by atoms with E-state index in [1.54, 1.807) is 37.5 Å². The topological polar surface area (TPSA) is 98.0 Å². The molecular weight excluding hydrogens is 385 g/mol. The zero-order chi connectivity index (χ0) is 22.1. The standard InChI is InChI=1S/C22H30BNO6/c1-22(2,3)30-18(25)13-24-17-12-15(21(26)29-4)10-11-16(17)19(20(24)23(27)28)14-8-6-5-7-9-14/h10-12,14,27-28H,5-9,13H2,1-4H3. The number of carbonyl (C=O) groups excluding carboxylic acids is 2. The van der Waals surface area contributed by atoms with Gasteiger partial charge in [-0.15, -0.1) is 0 Å². The van der Waals surface area contributed by atoms with Crippen LogP contribution in [0, 0.1) is 0 Å². The first kappa shape index (κ1) is 22.4. The highest BCUT2D eigenvalue weighted by atomic mass is 16.6. The monoisotopic (exact) mass is 415 g/mol. The largest absolute Gasteiger partial charge is 0.506 e. The van der Waals surface area contributed by atoms with Crippen molar-refractivity contribution in [2.75, 3.05) is 7.11 Å². The van der Waals surface area contributed by atoms with Crippen molar-refractivity contribution in [1.29, 1.82) is 0 Å². The molecule has 30 heavy (non-hydrogen) atoms. The van der Waals surface area contributed by atoms with Crippen LogP contribution in [0.15, 0.2) is 18.2 Å².